The molecule has 0 saturated carbocycles. The summed E-state index contributed by atoms with van der Waals surface area (Å²) in [6, 6.07) is 18.1. The van der Waals surface area contributed by atoms with Gasteiger partial charge in [-0.15, -0.1) is 0 Å². The molecule has 1 saturated heterocycles. The number of carbonyl (C=O) groups excluding carboxylic acids is 2. The van der Waals surface area contributed by atoms with Crippen LogP contribution < -0.4 is 10.5 Å². The SMILES string of the molecule is Cc1c(N2C(=O)C(=O)C(=C(O)c3ccc(Br)cc3)[C@H]2c2cccnc2)c(=O)n(-c2ccccc2)n1C. The van der Waals surface area contributed by atoms with E-state index in [1.54, 1.807) is 73.4 Å². The van der Waals surface area contributed by atoms with Gasteiger partial charge < -0.3 is 5.11 Å². The molecular formula is C27H21BrN4O4. The Labute approximate surface area is 214 Å². The maximum atomic E-state index is 13.7. The molecule has 9 heteroatoms. The van der Waals surface area contributed by atoms with E-state index in [0.717, 1.165) is 4.47 Å². The highest BCUT2D eigenvalue weighted by Crippen LogP contribution is 2.42. The van der Waals surface area contributed by atoms with Crippen LogP contribution in [-0.2, 0) is 16.6 Å². The van der Waals surface area contributed by atoms with Crippen molar-refractivity contribution in [2.45, 2.75) is 13.0 Å². The summed E-state index contributed by atoms with van der Waals surface area (Å²) in [5, 5.41) is 11.2. The van der Waals surface area contributed by atoms with Crippen molar-refractivity contribution in [3.05, 3.63) is 116 Å². The molecule has 1 amide bonds. The summed E-state index contributed by atoms with van der Waals surface area (Å²) in [5.74, 6) is -2.10. The van der Waals surface area contributed by atoms with E-state index >= 15 is 0 Å². The number of hydrogen-bond donors (Lipinski definition) is 1. The van der Waals surface area contributed by atoms with Crippen molar-refractivity contribution in [2.75, 3.05) is 4.90 Å². The quantitative estimate of drug-likeness (QED) is 0.235. The molecule has 0 aliphatic carbocycles. The number of para-hydroxylation sites is 1. The van der Waals surface area contributed by atoms with Crippen molar-refractivity contribution in [1.29, 1.82) is 0 Å². The van der Waals surface area contributed by atoms with Crippen LogP contribution in [0.2, 0.25) is 0 Å². The third-order valence-corrected chi connectivity index (χ3v) is 6.86. The lowest BCUT2D eigenvalue weighted by Gasteiger charge is -2.24. The van der Waals surface area contributed by atoms with Crippen LogP contribution in [0.4, 0.5) is 5.69 Å². The molecule has 2 aromatic carbocycles. The molecule has 2 aromatic heterocycles. The number of hydrogen-bond acceptors (Lipinski definition) is 5. The van der Waals surface area contributed by atoms with E-state index in [0.29, 0.717) is 22.5 Å². The van der Waals surface area contributed by atoms with E-state index < -0.39 is 23.3 Å². The van der Waals surface area contributed by atoms with E-state index in [1.165, 1.54) is 15.8 Å². The zero-order chi connectivity index (χ0) is 25.6. The minimum Gasteiger partial charge on any atom is -0.507 e. The predicted octanol–water partition coefficient (Wildman–Crippen LogP) is 4.27. The second-order valence-corrected chi connectivity index (χ2v) is 9.29. The first-order valence-corrected chi connectivity index (χ1v) is 11.9. The number of benzene rings is 2. The molecule has 1 atom stereocenters. The Hall–Kier alpha value is -4.24. The number of nitrogens with zero attached hydrogens (tertiary/aromatic N) is 4. The fraction of sp³-hybridized carbons (Fsp3) is 0.111. The summed E-state index contributed by atoms with van der Waals surface area (Å²) < 4.78 is 3.88. The second kappa shape index (κ2) is 9.09. The van der Waals surface area contributed by atoms with Crippen molar-refractivity contribution in [3.63, 3.8) is 0 Å². The van der Waals surface area contributed by atoms with Crippen molar-refractivity contribution < 1.29 is 14.7 Å². The molecule has 8 nitrogen and oxygen atoms in total. The number of halogens is 1. The Morgan fingerprint density at radius 2 is 1.67 bits per heavy atom. The standard InChI is InChI=1S/C27H21BrN4O4/c1-16-22(26(35)32(30(16)2)20-8-4-3-5-9-20)31-23(18-7-6-14-29-15-18)21(25(34)27(31)36)24(33)17-10-12-19(28)13-11-17/h3-15,23,33H,1-2H3/t23-/m1/s1. The molecule has 1 aliphatic heterocycles. The van der Waals surface area contributed by atoms with Gasteiger partial charge in [0.15, 0.2) is 0 Å². The molecule has 0 bridgehead atoms. The van der Waals surface area contributed by atoms with Gasteiger partial charge in [0.2, 0.25) is 0 Å². The van der Waals surface area contributed by atoms with Crippen LogP contribution in [0.3, 0.4) is 0 Å². The van der Waals surface area contributed by atoms with Gasteiger partial charge in [0.25, 0.3) is 17.2 Å². The topological polar surface area (TPSA) is 97.4 Å². The number of amides is 1. The first-order valence-electron chi connectivity index (χ1n) is 11.1. The average Bonchev–Trinajstić information content (AvgIpc) is 3.28. The van der Waals surface area contributed by atoms with E-state index in [9.17, 15) is 19.5 Å². The van der Waals surface area contributed by atoms with E-state index in [4.69, 9.17) is 0 Å². The summed E-state index contributed by atoms with van der Waals surface area (Å²) >= 11 is 3.36. The second-order valence-electron chi connectivity index (χ2n) is 8.37. The molecule has 3 heterocycles. The third kappa shape index (κ3) is 3.68. The number of carbonyl (C=O) groups is 2. The van der Waals surface area contributed by atoms with Gasteiger partial charge in [-0.25, -0.2) is 4.68 Å². The zero-order valence-electron chi connectivity index (χ0n) is 19.4. The van der Waals surface area contributed by atoms with Gasteiger partial charge in [-0.2, -0.15) is 0 Å². The summed E-state index contributed by atoms with van der Waals surface area (Å²) in [6.07, 6.45) is 3.09. The molecular weight excluding hydrogens is 524 g/mol. The molecule has 0 radical (unpaired) electrons. The summed E-state index contributed by atoms with van der Waals surface area (Å²) in [4.78, 5) is 46.0. The van der Waals surface area contributed by atoms with Crippen molar-refractivity contribution in [2.24, 2.45) is 7.05 Å². The number of aliphatic hydroxyl groups is 1. The van der Waals surface area contributed by atoms with Crippen molar-refractivity contribution in [3.8, 4) is 5.69 Å². The number of ketones is 1. The lowest BCUT2D eigenvalue weighted by Crippen LogP contribution is -2.34. The van der Waals surface area contributed by atoms with Crippen molar-refractivity contribution in [1.82, 2.24) is 14.3 Å². The zero-order valence-corrected chi connectivity index (χ0v) is 21.0. The minimum absolute atomic E-state index is 0.0622. The van der Waals surface area contributed by atoms with Crippen LogP contribution >= 0.6 is 15.9 Å². The van der Waals surface area contributed by atoms with Crippen LogP contribution in [0.1, 0.15) is 22.9 Å². The van der Waals surface area contributed by atoms with Crippen LogP contribution in [0.5, 0.6) is 0 Å². The number of pyridine rings is 1. The molecule has 0 unspecified atom stereocenters. The van der Waals surface area contributed by atoms with Crippen molar-refractivity contribution >= 4 is 39.1 Å². The van der Waals surface area contributed by atoms with E-state index in [-0.39, 0.29) is 17.0 Å². The smallest absolute Gasteiger partial charge is 0.300 e. The Morgan fingerprint density at radius 1 is 0.972 bits per heavy atom. The molecule has 1 aliphatic rings. The first kappa shape index (κ1) is 23.5. The number of Topliss-reactive ketones (excluding diaryl/α,β-unsaturated/α-hetero) is 1. The molecule has 1 N–H and O–H groups in total. The maximum absolute atomic E-state index is 13.7. The minimum atomic E-state index is -1.04. The molecule has 180 valence electrons. The molecule has 4 aromatic rings. The fourth-order valence-electron chi connectivity index (χ4n) is 4.51. The van der Waals surface area contributed by atoms with Crippen LogP contribution in [-0.4, -0.2) is 31.1 Å². The fourth-order valence-corrected chi connectivity index (χ4v) is 4.78. The van der Waals surface area contributed by atoms with Crippen LogP contribution in [0.15, 0.2) is 94.0 Å². The van der Waals surface area contributed by atoms with Gasteiger partial charge in [0.1, 0.15) is 11.4 Å². The van der Waals surface area contributed by atoms with E-state index in [2.05, 4.69) is 20.9 Å². The number of aliphatic hydroxyl groups excluding tert-OH is 1. The summed E-state index contributed by atoms with van der Waals surface area (Å²) in [6.45, 7) is 1.71. The largest absolute Gasteiger partial charge is 0.507 e. The summed E-state index contributed by atoms with van der Waals surface area (Å²) in [7, 11) is 1.71. The Kier molecular flexibility index (Phi) is 5.93. The highest BCUT2D eigenvalue weighted by molar-refractivity contribution is 9.10. The predicted molar refractivity (Wildman–Crippen MR) is 139 cm³/mol. The molecule has 0 spiro atoms. The Morgan fingerprint density at radius 3 is 2.31 bits per heavy atom. The normalized spacial score (nSPS) is 17.1. The number of anilines is 1. The maximum Gasteiger partial charge on any atom is 0.300 e. The van der Waals surface area contributed by atoms with Gasteiger partial charge in [0, 0.05) is 29.5 Å². The molecule has 1 fully saturated rings. The van der Waals surface area contributed by atoms with Gasteiger partial charge in [-0.05, 0) is 42.8 Å². The third-order valence-electron chi connectivity index (χ3n) is 6.33. The summed E-state index contributed by atoms with van der Waals surface area (Å²) in [5.41, 5.74) is 1.46. The van der Waals surface area contributed by atoms with Gasteiger partial charge in [0.05, 0.1) is 23.0 Å². The lowest BCUT2D eigenvalue weighted by atomic mass is 9.96. The first-order chi connectivity index (χ1) is 17.3. The molecule has 5 rings (SSSR count). The highest BCUT2D eigenvalue weighted by atomic mass is 79.9. The molecule has 36 heavy (non-hydrogen) atoms. The average molecular weight is 545 g/mol. The Balaban J connectivity index is 1.77. The lowest BCUT2D eigenvalue weighted by molar-refractivity contribution is -0.132. The Bertz CT molecular complexity index is 1570. The number of aromatic nitrogens is 3. The van der Waals surface area contributed by atoms with Crippen LogP contribution in [0.25, 0.3) is 11.4 Å². The van der Waals surface area contributed by atoms with Gasteiger partial charge in [-0.1, -0.05) is 52.3 Å². The monoisotopic (exact) mass is 544 g/mol. The van der Waals surface area contributed by atoms with Gasteiger partial charge in [-0.3, -0.25) is 28.9 Å². The van der Waals surface area contributed by atoms with E-state index in [1.807, 2.05) is 18.2 Å². The van der Waals surface area contributed by atoms with Gasteiger partial charge >= 0.3 is 0 Å². The van der Waals surface area contributed by atoms with Crippen LogP contribution in [0, 0.1) is 6.92 Å². The highest BCUT2D eigenvalue weighted by Gasteiger charge is 2.49. The number of rotatable bonds is 4.